The van der Waals surface area contributed by atoms with Crippen LogP contribution in [0.1, 0.15) is 12.8 Å². The Morgan fingerprint density at radius 3 is 2.24 bits per heavy atom. The van der Waals surface area contributed by atoms with Crippen molar-refractivity contribution in [1.82, 2.24) is 5.32 Å². The molecule has 1 fully saturated rings. The summed E-state index contributed by atoms with van der Waals surface area (Å²) < 4.78 is 56.5. The summed E-state index contributed by atoms with van der Waals surface area (Å²) in [5, 5.41) is 3.04. The van der Waals surface area contributed by atoms with Crippen LogP contribution < -0.4 is 10.1 Å². The molecule has 0 atom stereocenters. The fraction of sp³-hybridized carbons (Fsp3) is 0.455. The SMILES string of the molecule is Fc1cc(F)c(F)c(OCCNC2CC2)c1F. The van der Waals surface area contributed by atoms with E-state index in [0.717, 1.165) is 12.8 Å². The third kappa shape index (κ3) is 2.88. The quantitative estimate of drug-likeness (QED) is 0.491. The van der Waals surface area contributed by atoms with Crippen molar-refractivity contribution in [1.29, 1.82) is 0 Å². The first kappa shape index (κ1) is 12.2. The summed E-state index contributed by atoms with van der Waals surface area (Å²) in [6, 6.07) is 0.581. The smallest absolute Gasteiger partial charge is 0.203 e. The lowest BCUT2D eigenvalue weighted by Gasteiger charge is -2.09. The van der Waals surface area contributed by atoms with Gasteiger partial charge in [-0.2, -0.15) is 8.78 Å². The highest BCUT2D eigenvalue weighted by atomic mass is 19.2. The van der Waals surface area contributed by atoms with Gasteiger partial charge in [-0.15, -0.1) is 0 Å². The van der Waals surface area contributed by atoms with Gasteiger partial charge in [0.05, 0.1) is 0 Å². The molecule has 94 valence electrons. The largest absolute Gasteiger partial charge is 0.486 e. The molecule has 0 heterocycles. The van der Waals surface area contributed by atoms with Gasteiger partial charge >= 0.3 is 0 Å². The lowest BCUT2D eigenvalue weighted by atomic mass is 10.3. The summed E-state index contributed by atoms with van der Waals surface area (Å²) in [6.45, 7) is 0.328. The van der Waals surface area contributed by atoms with Crippen LogP contribution in [-0.4, -0.2) is 19.2 Å². The van der Waals surface area contributed by atoms with E-state index < -0.39 is 29.0 Å². The molecule has 0 aliphatic heterocycles. The fourth-order valence-corrected chi connectivity index (χ4v) is 1.38. The van der Waals surface area contributed by atoms with Gasteiger partial charge < -0.3 is 10.1 Å². The highest BCUT2D eigenvalue weighted by molar-refractivity contribution is 5.28. The van der Waals surface area contributed by atoms with E-state index in [9.17, 15) is 17.6 Å². The molecule has 0 aromatic heterocycles. The van der Waals surface area contributed by atoms with Gasteiger partial charge in [-0.3, -0.25) is 0 Å². The van der Waals surface area contributed by atoms with E-state index in [2.05, 4.69) is 5.32 Å². The molecule has 1 aliphatic carbocycles. The lowest BCUT2D eigenvalue weighted by molar-refractivity contribution is 0.270. The summed E-state index contributed by atoms with van der Waals surface area (Å²) >= 11 is 0. The van der Waals surface area contributed by atoms with Gasteiger partial charge in [0.15, 0.2) is 17.4 Å². The van der Waals surface area contributed by atoms with E-state index in [4.69, 9.17) is 4.74 Å². The van der Waals surface area contributed by atoms with Crippen molar-refractivity contribution in [2.24, 2.45) is 0 Å². The third-order valence-electron chi connectivity index (χ3n) is 2.43. The van der Waals surface area contributed by atoms with E-state index in [-0.39, 0.29) is 12.7 Å². The zero-order chi connectivity index (χ0) is 12.4. The highest BCUT2D eigenvalue weighted by Crippen LogP contribution is 2.26. The van der Waals surface area contributed by atoms with Crippen molar-refractivity contribution in [2.75, 3.05) is 13.2 Å². The molecule has 2 rings (SSSR count). The Bertz CT molecular complexity index is 394. The minimum absolute atomic E-state index is 0.0484. The topological polar surface area (TPSA) is 21.3 Å². The minimum atomic E-state index is -1.50. The number of rotatable bonds is 5. The monoisotopic (exact) mass is 249 g/mol. The van der Waals surface area contributed by atoms with E-state index >= 15 is 0 Å². The van der Waals surface area contributed by atoms with Crippen molar-refractivity contribution < 1.29 is 22.3 Å². The number of nitrogens with one attached hydrogen (secondary N) is 1. The van der Waals surface area contributed by atoms with Crippen molar-refractivity contribution in [3.05, 3.63) is 29.3 Å². The van der Waals surface area contributed by atoms with Crippen LogP contribution in [0.3, 0.4) is 0 Å². The molecule has 0 radical (unpaired) electrons. The van der Waals surface area contributed by atoms with Crippen LogP contribution >= 0.6 is 0 Å². The van der Waals surface area contributed by atoms with E-state index in [0.29, 0.717) is 12.6 Å². The lowest BCUT2D eigenvalue weighted by Crippen LogP contribution is -2.23. The van der Waals surface area contributed by atoms with Crippen LogP contribution in [0, 0.1) is 23.3 Å². The van der Waals surface area contributed by atoms with E-state index in [1.54, 1.807) is 0 Å². The number of ether oxygens (including phenoxy) is 1. The Balaban J connectivity index is 1.97. The Hall–Kier alpha value is -1.30. The Kier molecular flexibility index (Phi) is 3.51. The van der Waals surface area contributed by atoms with Gasteiger partial charge in [-0.05, 0) is 12.8 Å². The van der Waals surface area contributed by atoms with Crippen LogP contribution in [0.2, 0.25) is 0 Å². The molecule has 0 amide bonds. The molecule has 0 bridgehead atoms. The average Bonchev–Trinajstić information content (AvgIpc) is 3.09. The zero-order valence-electron chi connectivity index (χ0n) is 8.90. The first-order chi connectivity index (χ1) is 8.09. The maximum Gasteiger partial charge on any atom is 0.203 e. The van der Waals surface area contributed by atoms with Crippen LogP contribution in [0.5, 0.6) is 5.75 Å². The minimum Gasteiger partial charge on any atom is -0.486 e. The molecule has 1 aromatic rings. The molecular weight excluding hydrogens is 238 g/mol. The molecular formula is C11H11F4NO. The first-order valence-electron chi connectivity index (χ1n) is 5.28. The van der Waals surface area contributed by atoms with Crippen LogP contribution in [0.15, 0.2) is 6.07 Å². The Labute approximate surface area is 95.6 Å². The number of hydrogen-bond acceptors (Lipinski definition) is 2. The zero-order valence-corrected chi connectivity index (χ0v) is 8.90. The predicted molar refractivity (Wildman–Crippen MR) is 52.8 cm³/mol. The Morgan fingerprint density at radius 1 is 1.12 bits per heavy atom. The molecule has 17 heavy (non-hydrogen) atoms. The summed E-state index contributed by atoms with van der Waals surface area (Å²) in [7, 11) is 0. The van der Waals surface area contributed by atoms with Crippen molar-refractivity contribution >= 4 is 0 Å². The summed E-state index contributed by atoms with van der Waals surface area (Å²) in [5.41, 5.74) is 0. The second-order valence-electron chi connectivity index (χ2n) is 3.87. The average molecular weight is 249 g/mol. The van der Waals surface area contributed by atoms with Crippen molar-refractivity contribution in [3.63, 3.8) is 0 Å². The van der Waals surface area contributed by atoms with Crippen LogP contribution in [0.25, 0.3) is 0 Å². The summed E-state index contributed by atoms with van der Waals surface area (Å²) in [5.74, 6) is -6.94. The van der Waals surface area contributed by atoms with Crippen LogP contribution in [0.4, 0.5) is 17.6 Å². The molecule has 1 saturated carbocycles. The molecule has 0 saturated heterocycles. The first-order valence-corrected chi connectivity index (χ1v) is 5.28. The molecule has 1 N–H and O–H groups in total. The van der Waals surface area contributed by atoms with Gasteiger partial charge in [0, 0.05) is 18.7 Å². The highest BCUT2D eigenvalue weighted by Gasteiger charge is 2.22. The van der Waals surface area contributed by atoms with Gasteiger partial charge in [-0.25, -0.2) is 8.78 Å². The van der Waals surface area contributed by atoms with Crippen LogP contribution in [-0.2, 0) is 0 Å². The van der Waals surface area contributed by atoms with Crippen molar-refractivity contribution in [2.45, 2.75) is 18.9 Å². The molecule has 2 nitrogen and oxygen atoms in total. The maximum absolute atomic E-state index is 13.1. The Morgan fingerprint density at radius 2 is 1.71 bits per heavy atom. The third-order valence-corrected chi connectivity index (χ3v) is 2.43. The van der Waals surface area contributed by atoms with Crippen molar-refractivity contribution in [3.8, 4) is 5.75 Å². The van der Waals surface area contributed by atoms with E-state index in [1.165, 1.54) is 0 Å². The molecule has 1 aliphatic rings. The van der Waals surface area contributed by atoms with Gasteiger partial charge in [0.2, 0.25) is 11.6 Å². The number of halogens is 4. The maximum atomic E-state index is 13.1. The van der Waals surface area contributed by atoms with E-state index in [1.807, 2.05) is 0 Å². The second kappa shape index (κ2) is 4.91. The number of hydrogen-bond donors (Lipinski definition) is 1. The van der Waals surface area contributed by atoms with Gasteiger partial charge in [0.25, 0.3) is 0 Å². The number of benzene rings is 1. The molecule has 6 heteroatoms. The predicted octanol–water partition coefficient (Wildman–Crippen LogP) is 2.37. The molecule has 1 aromatic carbocycles. The summed E-state index contributed by atoms with van der Waals surface area (Å²) in [6.07, 6.45) is 2.13. The van der Waals surface area contributed by atoms with Gasteiger partial charge in [0.1, 0.15) is 6.61 Å². The molecule has 0 unspecified atom stereocenters. The normalized spacial score (nSPS) is 15.1. The summed E-state index contributed by atoms with van der Waals surface area (Å²) in [4.78, 5) is 0. The molecule has 0 spiro atoms. The second-order valence-corrected chi connectivity index (χ2v) is 3.87. The van der Waals surface area contributed by atoms with Gasteiger partial charge in [-0.1, -0.05) is 0 Å². The standard InChI is InChI=1S/C11H11F4NO/c12-7-5-8(13)10(15)11(9(7)14)17-4-3-16-6-1-2-6/h5-6,16H,1-4H2. The fourth-order valence-electron chi connectivity index (χ4n) is 1.38.